The van der Waals surface area contributed by atoms with Crippen molar-refractivity contribution in [2.75, 3.05) is 11.9 Å². The van der Waals surface area contributed by atoms with Gasteiger partial charge in [0.15, 0.2) is 6.61 Å². The number of fused-ring (bicyclic) bond motifs is 1. The fourth-order valence-corrected chi connectivity index (χ4v) is 3.89. The van der Waals surface area contributed by atoms with Crippen molar-refractivity contribution in [1.82, 2.24) is 9.78 Å². The Balaban J connectivity index is 1.32. The average molecular weight is 468 g/mol. The van der Waals surface area contributed by atoms with Gasteiger partial charge in [0.1, 0.15) is 12.3 Å². The van der Waals surface area contributed by atoms with Gasteiger partial charge in [-0.1, -0.05) is 6.07 Å². The summed E-state index contributed by atoms with van der Waals surface area (Å²) < 4.78 is 17.6. The van der Waals surface area contributed by atoms with E-state index in [1.165, 1.54) is 28.7 Å². The smallest absolute Gasteiger partial charge is 0.338 e. The molecular formula is C24H25N3O5S. The molecule has 1 amide bonds. The van der Waals surface area contributed by atoms with E-state index in [1.807, 2.05) is 6.07 Å². The van der Waals surface area contributed by atoms with E-state index in [9.17, 15) is 9.59 Å². The third-order valence-electron chi connectivity index (χ3n) is 5.30. The highest BCUT2D eigenvalue weighted by molar-refractivity contribution is 7.71. The average Bonchev–Trinajstić information content (AvgIpc) is 3.17. The summed E-state index contributed by atoms with van der Waals surface area (Å²) in [6, 6.07) is 12.6. The number of hydrogen-bond donors (Lipinski definition) is 1. The fourth-order valence-electron chi connectivity index (χ4n) is 3.69. The van der Waals surface area contributed by atoms with E-state index in [2.05, 4.69) is 22.5 Å². The number of amides is 1. The number of carbonyl (C=O) groups excluding carboxylic acids is 2. The lowest BCUT2D eigenvalue weighted by molar-refractivity contribution is -0.117. The lowest BCUT2D eigenvalue weighted by Gasteiger charge is -2.16. The molecule has 0 radical (unpaired) electrons. The number of anilines is 1. The highest BCUT2D eigenvalue weighted by atomic mass is 32.1. The molecule has 3 aromatic rings. The number of esters is 1. The van der Waals surface area contributed by atoms with Crippen LogP contribution in [0.4, 0.5) is 5.69 Å². The number of rotatable bonds is 8. The maximum atomic E-state index is 12.4. The van der Waals surface area contributed by atoms with Crippen LogP contribution in [0, 0.1) is 4.84 Å². The molecule has 172 valence electrons. The van der Waals surface area contributed by atoms with Gasteiger partial charge in [0.2, 0.25) is 5.91 Å². The van der Waals surface area contributed by atoms with Crippen molar-refractivity contribution in [3.63, 3.8) is 0 Å². The van der Waals surface area contributed by atoms with Crippen LogP contribution < -0.4 is 10.1 Å². The summed E-state index contributed by atoms with van der Waals surface area (Å²) in [6.45, 7) is 2.05. The molecule has 1 N–H and O–H groups in total. The van der Waals surface area contributed by atoms with Gasteiger partial charge in [0.25, 0.3) is 10.7 Å². The van der Waals surface area contributed by atoms with Gasteiger partial charge in [-0.05, 0) is 92.4 Å². The largest absolute Gasteiger partial charge is 0.484 e. The summed E-state index contributed by atoms with van der Waals surface area (Å²) in [5.41, 5.74) is 3.67. The normalized spacial score (nSPS) is 12.6. The van der Waals surface area contributed by atoms with Crippen LogP contribution >= 0.6 is 12.2 Å². The minimum atomic E-state index is -0.408. The summed E-state index contributed by atoms with van der Waals surface area (Å²) >= 11 is 5.18. The van der Waals surface area contributed by atoms with Crippen molar-refractivity contribution in [3.8, 4) is 5.75 Å². The Morgan fingerprint density at radius 1 is 1.12 bits per heavy atom. The molecule has 2 aromatic carbocycles. The molecule has 9 heteroatoms. The third kappa shape index (κ3) is 5.87. The van der Waals surface area contributed by atoms with E-state index < -0.39 is 5.97 Å². The summed E-state index contributed by atoms with van der Waals surface area (Å²) in [5.74, 6) is 0.319. The molecule has 0 unspecified atom stereocenters. The quantitative estimate of drug-likeness (QED) is 0.385. The van der Waals surface area contributed by atoms with Crippen LogP contribution in [-0.2, 0) is 35.5 Å². The molecule has 4 rings (SSSR count). The molecule has 1 aromatic heterocycles. The van der Waals surface area contributed by atoms with Crippen molar-refractivity contribution in [1.29, 1.82) is 0 Å². The van der Waals surface area contributed by atoms with Crippen LogP contribution in [0.2, 0.25) is 0 Å². The molecule has 0 saturated carbocycles. The number of nitrogens with one attached hydrogen (secondary N) is 1. The second-order valence-corrected chi connectivity index (χ2v) is 8.04. The Hall–Kier alpha value is -3.46. The van der Waals surface area contributed by atoms with Crippen molar-refractivity contribution >= 4 is 29.8 Å². The van der Waals surface area contributed by atoms with E-state index in [0.29, 0.717) is 23.7 Å². The molecule has 0 saturated heterocycles. The van der Waals surface area contributed by atoms with Gasteiger partial charge in [-0.15, -0.1) is 5.10 Å². The van der Waals surface area contributed by atoms with Gasteiger partial charge in [-0.2, -0.15) is 0 Å². The Bertz CT molecular complexity index is 1200. The number of aromatic nitrogens is 2. The molecule has 1 aliphatic rings. The molecule has 0 aliphatic heterocycles. The van der Waals surface area contributed by atoms with E-state index in [-0.39, 0.29) is 23.9 Å². The Morgan fingerprint density at radius 3 is 2.64 bits per heavy atom. The summed E-state index contributed by atoms with van der Waals surface area (Å²) in [6.07, 6.45) is 4.62. The molecule has 0 bridgehead atoms. The first-order valence-electron chi connectivity index (χ1n) is 10.9. The molecule has 1 aliphatic carbocycles. The maximum Gasteiger partial charge on any atom is 0.338 e. The standard InChI is InChI=1S/C24H25N3O5S/c1-2-30-23(29)17-7-10-19(11-8-17)25-21(28)14-27-24(33)32-22(26-27)15-31-20-12-9-16-5-3-4-6-18(16)13-20/h7-13H,2-6,14-15H2,1H3,(H,25,28). The summed E-state index contributed by atoms with van der Waals surface area (Å²) in [4.78, 5) is 24.2. The zero-order valence-corrected chi connectivity index (χ0v) is 19.2. The van der Waals surface area contributed by atoms with Crippen LogP contribution in [0.25, 0.3) is 0 Å². The van der Waals surface area contributed by atoms with Gasteiger partial charge in [0, 0.05) is 5.69 Å². The van der Waals surface area contributed by atoms with Crippen molar-refractivity contribution in [2.45, 2.75) is 45.8 Å². The number of hydrogen-bond acceptors (Lipinski definition) is 7. The molecule has 0 atom stereocenters. The SMILES string of the molecule is CCOC(=O)c1ccc(NC(=O)Cn2nc(COc3ccc4c(c3)CCCC4)oc2=S)cc1. The second kappa shape index (κ2) is 10.4. The number of carbonyl (C=O) groups is 2. The Morgan fingerprint density at radius 2 is 1.88 bits per heavy atom. The predicted octanol–water partition coefficient (Wildman–Crippen LogP) is 4.48. The molecule has 33 heavy (non-hydrogen) atoms. The van der Waals surface area contributed by atoms with E-state index >= 15 is 0 Å². The van der Waals surface area contributed by atoms with Crippen LogP contribution in [-0.4, -0.2) is 28.3 Å². The monoisotopic (exact) mass is 467 g/mol. The van der Waals surface area contributed by atoms with Crippen molar-refractivity contribution < 1.29 is 23.5 Å². The topological polar surface area (TPSA) is 95.6 Å². The van der Waals surface area contributed by atoms with E-state index in [1.54, 1.807) is 31.2 Å². The second-order valence-electron chi connectivity index (χ2n) is 7.69. The number of aryl methyl sites for hydroxylation is 2. The first kappa shape index (κ1) is 22.7. The molecular weight excluding hydrogens is 442 g/mol. The fraction of sp³-hybridized carbons (Fsp3) is 0.333. The highest BCUT2D eigenvalue weighted by Gasteiger charge is 2.13. The molecule has 0 fully saturated rings. The molecule has 0 spiro atoms. The first-order valence-corrected chi connectivity index (χ1v) is 11.3. The first-order chi connectivity index (χ1) is 16.0. The maximum absolute atomic E-state index is 12.4. The van der Waals surface area contributed by atoms with Gasteiger partial charge in [0.05, 0.1) is 12.2 Å². The van der Waals surface area contributed by atoms with Crippen LogP contribution in [0.3, 0.4) is 0 Å². The Kier molecular flexibility index (Phi) is 7.19. The van der Waals surface area contributed by atoms with Crippen LogP contribution in [0.15, 0.2) is 46.9 Å². The highest BCUT2D eigenvalue weighted by Crippen LogP contribution is 2.25. The lowest BCUT2D eigenvalue weighted by atomic mass is 9.92. The van der Waals surface area contributed by atoms with Crippen molar-refractivity contribution in [2.24, 2.45) is 0 Å². The van der Waals surface area contributed by atoms with Crippen LogP contribution in [0.1, 0.15) is 47.1 Å². The van der Waals surface area contributed by atoms with Crippen molar-refractivity contribution in [3.05, 3.63) is 69.9 Å². The minimum Gasteiger partial charge on any atom is -0.484 e. The Labute approximate surface area is 196 Å². The minimum absolute atomic E-state index is 0.0897. The van der Waals surface area contributed by atoms with E-state index in [4.69, 9.17) is 26.1 Å². The number of ether oxygens (including phenoxy) is 2. The number of benzene rings is 2. The van der Waals surface area contributed by atoms with Gasteiger partial charge in [-0.25, -0.2) is 9.48 Å². The van der Waals surface area contributed by atoms with Gasteiger partial charge in [-0.3, -0.25) is 4.79 Å². The molecule has 8 nitrogen and oxygen atoms in total. The van der Waals surface area contributed by atoms with E-state index in [0.717, 1.165) is 18.6 Å². The van der Waals surface area contributed by atoms with Gasteiger partial charge < -0.3 is 19.2 Å². The third-order valence-corrected chi connectivity index (χ3v) is 5.60. The summed E-state index contributed by atoms with van der Waals surface area (Å²) in [7, 11) is 0. The van der Waals surface area contributed by atoms with Gasteiger partial charge >= 0.3 is 5.97 Å². The zero-order valence-electron chi connectivity index (χ0n) is 18.3. The zero-order chi connectivity index (χ0) is 23.2. The number of nitrogens with zero attached hydrogens (tertiary/aromatic N) is 2. The van der Waals surface area contributed by atoms with Crippen LogP contribution in [0.5, 0.6) is 5.75 Å². The predicted molar refractivity (Wildman–Crippen MR) is 124 cm³/mol. The molecule has 1 heterocycles. The lowest BCUT2D eigenvalue weighted by Crippen LogP contribution is -2.20. The summed E-state index contributed by atoms with van der Waals surface area (Å²) in [5, 5.41) is 6.99.